The van der Waals surface area contributed by atoms with Crippen LogP contribution in [0.3, 0.4) is 0 Å². The van der Waals surface area contributed by atoms with Crippen LogP contribution in [0.4, 0.5) is 0 Å². The minimum atomic E-state index is 0.597. The summed E-state index contributed by atoms with van der Waals surface area (Å²) in [6.07, 6.45) is 4.11. The molecule has 0 N–H and O–H groups in total. The lowest BCUT2D eigenvalue weighted by Crippen LogP contribution is -2.05. The van der Waals surface area contributed by atoms with Crippen molar-refractivity contribution in [1.82, 2.24) is 0 Å². The maximum Gasteiger partial charge on any atom is 0.00685 e. The summed E-state index contributed by atoms with van der Waals surface area (Å²) in [5.41, 5.74) is 3.85. The van der Waals surface area contributed by atoms with Gasteiger partial charge in [0.05, 0.1) is 0 Å². The first-order valence-electron chi connectivity index (χ1n) is 5.01. The van der Waals surface area contributed by atoms with Gasteiger partial charge in [-0.25, -0.2) is 0 Å². The molecular weight excluding hydrogens is 224 g/mol. The van der Waals surface area contributed by atoms with E-state index in [1.54, 1.807) is 11.1 Å². The Kier molecular flexibility index (Phi) is 1.61. The zero-order chi connectivity index (χ0) is 8.89. The molecule has 1 spiro atoms. The Bertz CT molecular complexity index is 345. The Balaban J connectivity index is 2.05. The molecule has 0 bridgehead atoms. The molecule has 2 unspecified atom stereocenters. The number of hydrogen-bond acceptors (Lipinski definition) is 0. The quantitative estimate of drug-likeness (QED) is 0.657. The highest BCUT2D eigenvalue weighted by molar-refractivity contribution is 9.09. The fraction of sp³-hybridized carbons (Fsp3) is 0.500. The predicted molar refractivity (Wildman–Crippen MR) is 58.3 cm³/mol. The standard InChI is InChI=1S/C12H13Br/c13-8-10-7-12(10)6-5-9-3-1-2-4-11(9)12/h1-4,10H,5-8H2. The number of fused-ring (bicyclic) bond motifs is 2. The first-order valence-corrected chi connectivity index (χ1v) is 6.13. The molecule has 68 valence electrons. The summed E-state index contributed by atoms with van der Waals surface area (Å²) in [6.45, 7) is 0. The lowest BCUT2D eigenvalue weighted by molar-refractivity contribution is 0.628. The van der Waals surface area contributed by atoms with E-state index in [1.165, 1.54) is 24.6 Å². The molecule has 0 nitrogen and oxygen atoms in total. The average molecular weight is 237 g/mol. The largest absolute Gasteiger partial charge is 0.0925 e. The number of benzene rings is 1. The van der Waals surface area contributed by atoms with E-state index < -0.39 is 0 Å². The molecule has 0 amide bonds. The Morgan fingerprint density at radius 1 is 1.38 bits per heavy atom. The van der Waals surface area contributed by atoms with Gasteiger partial charge in [0, 0.05) is 5.33 Å². The van der Waals surface area contributed by atoms with Gasteiger partial charge in [0.25, 0.3) is 0 Å². The highest BCUT2D eigenvalue weighted by Gasteiger charge is 2.56. The SMILES string of the molecule is BrCC1CC12CCc1ccccc12. The van der Waals surface area contributed by atoms with Crippen LogP contribution in [0.1, 0.15) is 24.0 Å². The van der Waals surface area contributed by atoms with Crippen LogP contribution >= 0.6 is 15.9 Å². The highest BCUT2D eigenvalue weighted by Crippen LogP contribution is 2.61. The fourth-order valence-corrected chi connectivity index (χ4v) is 3.78. The fourth-order valence-electron chi connectivity index (χ4n) is 2.94. The maximum atomic E-state index is 3.61. The lowest BCUT2D eigenvalue weighted by Gasteiger charge is -2.09. The van der Waals surface area contributed by atoms with Crippen molar-refractivity contribution in [3.8, 4) is 0 Å². The number of rotatable bonds is 1. The second-order valence-electron chi connectivity index (χ2n) is 4.37. The van der Waals surface area contributed by atoms with Gasteiger partial charge in [0.15, 0.2) is 0 Å². The van der Waals surface area contributed by atoms with Gasteiger partial charge >= 0.3 is 0 Å². The van der Waals surface area contributed by atoms with Crippen molar-refractivity contribution in [1.29, 1.82) is 0 Å². The molecule has 0 radical (unpaired) electrons. The molecule has 0 aromatic heterocycles. The number of alkyl halides is 1. The van der Waals surface area contributed by atoms with Gasteiger partial charge < -0.3 is 0 Å². The van der Waals surface area contributed by atoms with Crippen molar-refractivity contribution in [3.63, 3.8) is 0 Å². The van der Waals surface area contributed by atoms with Crippen molar-refractivity contribution in [2.24, 2.45) is 5.92 Å². The molecule has 2 aliphatic rings. The van der Waals surface area contributed by atoms with E-state index in [0.717, 1.165) is 5.92 Å². The molecule has 13 heavy (non-hydrogen) atoms. The van der Waals surface area contributed by atoms with Crippen LogP contribution in [-0.2, 0) is 11.8 Å². The summed E-state index contributed by atoms with van der Waals surface area (Å²) < 4.78 is 0. The normalized spacial score (nSPS) is 35.0. The Hall–Kier alpha value is -0.300. The molecule has 0 heterocycles. The first-order chi connectivity index (χ1) is 6.37. The smallest absolute Gasteiger partial charge is 0.00685 e. The van der Waals surface area contributed by atoms with E-state index in [2.05, 4.69) is 40.2 Å². The number of hydrogen-bond donors (Lipinski definition) is 0. The van der Waals surface area contributed by atoms with Gasteiger partial charge in [-0.2, -0.15) is 0 Å². The molecule has 2 atom stereocenters. The van der Waals surface area contributed by atoms with Gasteiger partial charge in [0.1, 0.15) is 0 Å². The van der Waals surface area contributed by atoms with E-state index in [-0.39, 0.29) is 0 Å². The first kappa shape index (κ1) is 8.05. The van der Waals surface area contributed by atoms with Crippen molar-refractivity contribution in [3.05, 3.63) is 35.4 Å². The van der Waals surface area contributed by atoms with Crippen LogP contribution < -0.4 is 0 Å². The molecule has 1 aromatic carbocycles. The molecular formula is C12H13Br. The van der Waals surface area contributed by atoms with Gasteiger partial charge in [-0.3, -0.25) is 0 Å². The van der Waals surface area contributed by atoms with E-state index in [4.69, 9.17) is 0 Å². The van der Waals surface area contributed by atoms with Crippen molar-refractivity contribution in [2.45, 2.75) is 24.7 Å². The summed E-state index contributed by atoms with van der Waals surface area (Å²) in [5.74, 6) is 0.913. The third-order valence-corrected chi connectivity index (χ3v) is 4.59. The molecule has 2 aliphatic carbocycles. The Morgan fingerprint density at radius 2 is 2.23 bits per heavy atom. The van der Waals surface area contributed by atoms with Crippen LogP contribution in [0.15, 0.2) is 24.3 Å². The van der Waals surface area contributed by atoms with Gasteiger partial charge in [-0.15, -0.1) is 0 Å². The zero-order valence-electron chi connectivity index (χ0n) is 7.59. The number of halogens is 1. The van der Waals surface area contributed by atoms with Gasteiger partial charge in [-0.1, -0.05) is 40.2 Å². The maximum absolute atomic E-state index is 3.61. The zero-order valence-corrected chi connectivity index (χ0v) is 9.18. The minimum absolute atomic E-state index is 0.597. The van der Waals surface area contributed by atoms with E-state index in [0.29, 0.717) is 5.41 Å². The molecule has 1 fully saturated rings. The van der Waals surface area contributed by atoms with Crippen LogP contribution in [0.25, 0.3) is 0 Å². The number of aryl methyl sites for hydroxylation is 1. The molecule has 1 saturated carbocycles. The monoisotopic (exact) mass is 236 g/mol. The second kappa shape index (κ2) is 2.60. The molecule has 1 aromatic rings. The third-order valence-electron chi connectivity index (χ3n) is 3.81. The summed E-state index contributed by atoms with van der Waals surface area (Å²) in [7, 11) is 0. The minimum Gasteiger partial charge on any atom is -0.0925 e. The Morgan fingerprint density at radius 3 is 3.00 bits per heavy atom. The van der Waals surface area contributed by atoms with Crippen LogP contribution in [0.2, 0.25) is 0 Å². The van der Waals surface area contributed by atoms with Crippen LogP contribution in [-0.4, -0.2) is 5.33 Å². The highest BCUT2D eigenvalue weighted by atomic mass is 79.9. The molecule has 0 saturated heterocycles. The summed E-state index contributed by atoms with van der Waals surface area (Å²) >= 11 is 3.61. The Labute approximate surface area is 87.5 Å². The van der Waals surface area contributed by atoms with Crippen LogP contribution in [0.5, 0.6) is 0 Å². The van der Waals surface area contributed by atoms with Gasteiger partial charge in [-0.05, 0) is 41.7 Å². The average Bonchev–Trinajstić information content (AvgIpc) is 2.78. The molecule has 3 rings (SSSR count). The van der Waals surface area contributed by atoms with Crippen LogP contribution in [0, 0.1) is 5.92 Å². The van der Waals surface area contributed by atoms with E-state index in [9.17, 15) is 0 Å². The van der Waals surface area contributed by atoms with Crippen molar-refractivity contribution in [2.75, 3.05) is 5.33 Å². The lowest BCUT2D eigenvalue weighted by atomic mass is 9.96. The summed E-state index contributed by atoms with van der Waals surface area (Å²) in [4.78, 5) is 0. The van der Waals surface area contributed by atoms with E-state index >= 15 is 0 Å². The summed E-state index contributed by atoms with van der Waals surface area (Å²) in [5, 5.41) is 1.18. The second-order valence-corrected chi connectivity index (χ2v) is 5.02. The molecule has 0 aliphatic heterocycles. The van der Waals surface area contributed by atoms with Crippen molar-refractivity contribution >= 4 is 15.9 Å². The topological polar surface area (TPSA) is 0 Å². The third kappa shape index (κ3) is 0.969. The van der Waals surface area contributed by atoms with Crippen molar-refractivity contribution < 1.29 is 0 Å². The van der Waals surface area contributed by atoms with E-state index in [1.807, 2.05) is 0 Å². The summed E-state index contributed by atoms with van der Waals surface area (Å²) in [6, 6.07) is 9.00. The predicted octanol–water partition coefficient (Wildman–Crippen LogP) is 3.29. The van der Waals surface area contributed by atoms with Gasteiger partial charge in [0.2, 0.25) is 0 Å². The molecule has 1 heteroatoms.